The zero-order chi connectivity index (χ0) is 35.9. The summed E-state index contributed by atoms with van der Waals surface area (Å²) in [4.78, 5) is 31.4. The number of esters is 1. The van der Waals surface area contributed by atoms with Crippen LogP contribution in [-0.2, 0) is 20.3 Å². The lowest BCUT2D eigenvalue weighted by Crippen LogP contribution is -2.40. The first kappa shape index (κ1) is 37.3. The molecule has 0 saturated carbocycles. The van der Waals surface area contributed by atoms with Crippen LogP contribution < -0.4 is 4.74 Å². The van der Waals surface area contributed by atoms with Crippen LogP contribution in [-0.4, -0.2) is 79.1 Å². The molecule has 50 heavy (non-hydrogen) atoms. The van der Waals surface area contributed by atoms with Crippen molar-refractivity contribution in [1.29, 1.82) is 5.26 Å². The summed E-state index contributed by atoms with van der Waals surface area (Å²) in [7, 11) is 1.24. The second-order valence-corrected chi connectivity index (χ2v) is 14.4. The molecule has 12 heteroatoms. The predicted molar refractivity (Wildman–Crippen MR) is 194 cm³/mol. The Bertz CT molecular complexity index is 1960. The van der Waals surface area contributed by atoms with Crippen LogP contribution in [0.3, 0.4) is 0 Å². The monoisotopic (exact) mass is 737 g/mol. The molecule has 262 valence electrons. The lowest BCUT2D eigenvalue weighted by molar-refractivity contribution is -0.141. The molecule has 1 heterocycles. The molecule has 8 nitrogen and oxygen atoms in total. The van der Waals surface area contributed by atoms with Crippen LogP contribution in [0.4, 0.5) is 4.39 Å². The molecule has 0 radical (unpaired) electrons. The first-order valence-electron chi connectivity index (χ1n) is 16.2. The molecule has 0 N–H and O–H groups in total. The zero-order valence-electron chi connectivity index (χ0n) is 28.1. The third-order valence-electron chi connectivity index (χ3n) is 9.34. The quantitative estimate of drug-likeness (QED) is 0.138. The van der Waals surface area contributed by atoms with E-state index in [2.05, 4.69) is 11.0 Å². The van der Waals surface area contributed by atoms with Gasteiger partial charge in [-0.05, 0) is 91.0 Å². The van der Waals surface area contributed by atoms with Crippen LogP contribution in [0.1, 0.15) is 58.1 Å². The molecule has 0 spiro atoms. The summed E-state index contributed by atoms with van der Waals surface area (Å²) in [6.07, 6.45) is 3.67. The maximum Gasteiger partial charge on any atom is 0.325 e. The van der Waals surface area contributed by atoms with Crippen molar-refractivity contribution < 1.29 is 27.7 Å². The average Bonchev–Trinajstić information content (AvgIpc) is 3.12. The van der Waals surface area contributed by atoms with Gasteiger partial charge in [-0.15, -0.1) is 0 Å². The Balaban J connectivity index is 1.43. The van der Waals surface area contributed by atoms with Gasteiger partial charge >= 0.3 is 5.97 Å². The van der Waals surface area contributed by atoms with Crippen molar-refractivity contribution in [3.8, 4) is 11.8 Å². The lowest BCUT2D eigenvalue weighted by Gasteiger charge is -2.34. The summed E-state index contributed by atoms with van der Waals surface area (Å²) in [6.45, 7) is 1.97. The number of piperidine rings is 1. The molecule has 4 aromatic carbocycles. The molecular formula is C38H38Cl2FN3O5S. The molecule has 5 rings (SSSR count). The first-order valence-corrected chi connectivity index (χ1v) is 18.5. The minimum Gasteiger partial charge on any atom is -0.495 e. The molecule has 0 aromatic heterocycles. The smallest absolute Gasteiger partial charge is 0.325 e. The summed E-state index contributed by atoms with van der Waals surface area (Å²) in [5, 5.41) is 12.0. The molecule has 1 aliphatic heterocycles. The number of methoxy groups -OCH3 is 2. The number of ether oxygens (including phenoxy) is 2. The number of fused-ring (bicyclic) bond motifs is 1. The van der Waals surface area contributed by atoms with Gasteiger partial charge in [0, 0.05) is 18.7 Å². The van der Waals surface area contributed by atoms with Gasteiger partial charge < -0.3 is 19.3 Å². The Morgan fingerprint density at radius 1 is 1.06 bits per heavy atom. The second-order valence-electron chi connectivity index (χ2n) is 12.3. The van der Waals surface area contributed by atoms with Crippen LogP contribution in [0, 0.1) is 17.1 Å². The molecular weight excluding hydrogens is 700 g/mol. The van der Waals surface area contributed by atoms with Crippen LogP contribution in [0.15, 0.2) is 71.6 Å². The number of nitrogens with zero attached hydrogens (tertiary/aromatic N) is 3. The Morgan fingerprint density at radius 3 is 2.46 bits per heavy atom. The Hall–Kier alpha value is -4.01. The SMILES string of the molecule is COC(=O)CN(CC(CCN1CCC(c2cccc(F)c2S(C)=O)CC1)c1ccc(Cl)c(Cl)c1)C(=O)c1c(OC)c(C#N)cc2ccccc12. The topological polar surface area (TPSA) is 99.9 Å². The van der Waals surface area contributed by atoms with E-state index in [4.69, 9.17) is 32.7 Å². The van der Waals surface area contributed by atoms with Gasteiger partial charge in [0.2, 0.25) is 0 Å². The summed E-state index contributed by atoms with van der Waals surface area (Å²) in [5.41, 5.74) is 2.03. The lowest BCUT2D eigenvalue weighted by atomic mass is 9.88. The number of halogens is 3. The molecule has 4 aromatic rings. The highest BCUT2D eigenvalue weighted by Crippen LogP contribution is 2.36. The summed E-state index contributed by atoms with van der Waals surface area (Å²) in [6, 6.07) is 21.3. The van der Waals surface area contributed by atoms with E-state index in [1.54, 1.807) is 36.4 Å². The molecule has 2 unspecified atom stereocenters. The number of hydrogen-bond donors (Lipinski definition) is 0. The van der Waals surface area contributed by atoms with E-state index in [9.17, 15) is 23.5 Å². The van der Waals surface area contributed by atoms with Crippen molar-refractivity contribution in [2.75, 3.05) is 53.2 Å². The minimum absolute atomic E-state index is 0.0915. The van der Waals surface area contributed by atoms with Gasteiger partial charge in [0.1, 0.15) is 24.2 Å². The number of hydrogen-bond acceptors (Lipinski definition) is 7. The number of nitriles is 1. The van der Waals surface area contributed by atoms with E-state index in [-0.39, 0.29) is 46.7 Å². The van der Waals surface area contributed by atoms with E-state index in [0.717, 1.165) is 37.1 Å². The van der Waals surface area contributed by atoms with Gasteiger partial charge in [-0.3, -0.25) is 13.8 Å². The van der Waals surface area contributed by atoms with Gasteiger partial charge in [0.15, 0.2) is 0 Å². The molecule has 1 aliphatic rings. The van der Waals surface area contributed by atoms with Crippen molar-refractivity contribution in [2.24, 2.45) is 0 Å². The predicted octanol–water partition coefficient (Wildman–Crippen LogP) is 7.57. The minimum atomic E-state index is -1.44. The second kappa shape index (κ2) is 16.8. The summed E-state index contributed by atoms with van der Waals surface area (Å²) >= 11 is 12.8. The van der Waals surface area contributed by atoms with Gasteiger partial charge in [0.25, 0.3) is 5.91 Å². The Kier molecular flexibility index (Phi) is 12.5. The van der Waals surface area contributed by atoms with Crippen molar-refractivity contribution >= 4 is 56.7 Å². The third kappa shape index (κ3) is 8.30. The number of carbonyl (C=O) groups is 2. The zero-order valence-corrected chi connectivity index (χ0v) is 30.4. The standard InChI is InChI=1S/C38H38Cl2FN3O5S/c1-48-34(45)23-44(38(46)35-29-8-5-4-7-26(29)19-28(21-42)36(35)49-2)22-27(25-11-12-31(39)32(40)20-25)15-18-43-16-13-24(14-17-43)30-9-6-10-33(41)37(30)50(3)47/h4-12,19-20,24,27H,13-18,22-23H2,1-3H3. The number of rotatable bonds is 12. The fraction of sp³-hybridized carbons (Fsp3) is 0.342. The normalized spacial score (nSPS) is 14.9. The third-order valence-corrected chi connectivity index (χ3v) is 11.1. The van der Waals surface area contributed by atoms with Gasteiger partial charge in [-0.2, -0.15) is 5.26 Å². The maximum absolute atomic E-state index is 14.6. The number of benzene rings is 4. The Labute approximate surface area is 304 Å². The number of likely N-dealkylation sites (tertiary alicyclic amines) is 1. The summed E-state index contributed by atoms with van der Waals surface area (Å²) in [5.74, 6) is -1.57. The average molecular weight is 739 g/mol. The summed E-state index contributed by atoms with van der Waals surface area (Å²) < 4.78 is 37.6. The van der Waals surface area contributed by atoms with Gasteiger partial charge in [-0.25, -0.2) is 4.39 Å². The highest BCUT2D eigenvalue weighted by Gasteiger charge is 2.31. The molecule has 2 atom stereocenters. The molecule has 0 bridgehead atoms. The van der Waals surface area contributed by atoms with Crippen LogP contribution >= 0.6 is 23.2 Å². The van der Waals surface area contributed by atoms with Gasteiger partial charge in [0.05, 0.1) is 51.1 Å². The fourth-order valence-corrected chi connectivity index (χ4v) is 8.00. The molecule has 1 amide bonds. The van der Waals surface area contributed by atoms with E-state index < -0.39 is 28.5 Å². The van der Waals surface area contributed by atoms with Crippen LogP contribution in [0.2, 0.25) is 10.0 Å². The van der Waals surface area contributed by atoms with Crippen molar-refractivity contribution in [2.45, 2.75) is 36.0 Å². The van der Waals surface area contributed by atoms with Crippen molar-refractivity contribution in [1.82, 2.24) is 9.80 Å². The van der Waals surface area contributed by atoms with Gasteiger partial charge in [-0.1, -0.05) is 65.7 Å². The Morgan fingerprint density at radius 2 is 1.80 bits per heavy atom. The van der Waals surface area contributed by atoms with Crippen molar-refractivity contribution in [3.05, 3.63) is 105 Å². The molecule has 0 aliphatic carbocycles. The van der Waals surface area contributed by atoms with E-state index >= 15 is 0 Å². The van der Waals surface area contributed by atoms with Crippen LogP contribution in [0.5, 0.6) is 5.75 Å². The van der Waals surface area contributed by atoms with E-state index in [0.29, 0.717) is 33.8 Å². The highest BCUT2D eigenvalue weighted by atomic mass is 35.5. The number of carbonyl (C=O) groups excluding carboxylic acids is 2. The maximum atomic E-state index is 14.6. The van der Waals surface area contributed by atoms with Crippen molar-refractivity contribution in [3.63, 3.8) is 0 Å². The fourth-order valence-electron chi connectivity index (χ4n) is 6.79. The largest absolute Gasteiger partial charge is 0.495 e. The van der Waals surface area contributed by atoms with E-state index in [1.807, 2.05) is 24.3 Å². The van der Waals surface area contributed by atoms with E-state index in [1.165, 1.54) is 31.4 Å². The molecule has 1 fully saturated rings. The first-order chi connectivity index (χ1) is 24.1. The van der Waals surface area contributed by atoms with Crippen LogP contribution in [0.25, 0.3) is 10.8 Å². The highest BCUT2D eigenvalue weighted by molar-refractivity contribution is 7.84. The molecule has 1 saturated heterocycles. The number of amides is 1.